The van der Waals surface area contributed by atoms with E-state index in [2.05, 4.69) is 25.5 Å². The van der Waals surface area contributed by atoms with E-state index in [4.69, 9.17) is 0 Å². The Balaban J connectivity index is 2.79. The van der Waals surface area contributed by atoms with Gasteiger partial charge in [-0.2, -0.15) is 0 Å². The van der Waals surface area contributed by atoms with E-state index in [-0.39, 0.29) is 0 Å². The molecule has 1 aliphatic heterocycles. The summed E-state index contributed by atoms with van der Waals surface area (Å²) in [5, 5.41) is 0. The normalized spacial score (nSPS) is 30.0. The third kappa shape index (κ3) is 3.19. The van der Waals surface area contributed by atoms with Crippen molar-refractivity contribution in [2.45, 2.75) is 6.42 Å². The molecule has 60 valence electrons. The van der Waals surface area contributed by atoms with E-state index in [1.807, 2.05) is 24.4 Å². The Bertz CT molecular complexity index is 282. The molecule has 1 rings (SSSR count). The van der Waals surface area contributed by atoms with Crippen LogP contribution in [0.1, 0.15) is 6.42 Å². The van der Waals surface area contributed by atoms with Crippen LogP contribution in [-0.4, -0.2) is 14.1 Å². The molecule has 0 N–H and O–H groups in total. The van der Waals surface area contributed by atoms with Crippen molar-refractivity contribution >= 4 is 14.1 Å². The first-order chi connectivity index (χ1) is 5.79. The van der Waals surface area contributed by atoms with Gasteiger partial charge in [-0.15, -0.1) is 0 Å². The van der Waals surface area contributed by atoms with E-state index in [0.29, 0.717) is 0 Å². The molecule has 2 heteroatoms. The first-order valence-corrected chi connectivity index (χ1v) is 4.00. The van der Waals surface area contributed by atoms with Gasteiger partial charge in [-0.1, -0.05) is 36.4 Å². The van der Waals surface area contributed by atoms with E-state index in [0.717, 1.165) is 12.0 Å². The van der Waals surface area contributed by atoms with E-state index in [9.17, 15) is 0 Å². The molecule has 0 saturated carbocycles. The van der Waals surface area contributed by atoms with Gasteiger partial charge >= 0.3 is 0 Å². The minimum absolute atomic E-state index is 0.922. The Morgan fingerprint density at radius 2 is 2.25 bits per heavy atom. The summed E-state index contributed by atoms with van der Waals surface area (Å²) < 4.78 is 0. The highest BCUT2D eigenvalue weighted by atomic mass is 14.7. The predicted molar refractivity (Wildman–Crippen MR) is 57.2 cm³/mol. The van der Waals surface area contributed by atoms with Crippen molar-refractivity contribution in [2.75, 3.05) is 0 Å². The van der Waals surface area contributed by atoms with Gasteiger partial charge in [-0.25, -0.2) is 0 Å². The van der Waals surface area contributed by atoms with Crippen molar-refractivity contribution in [1.29, 1.82) is 0 Å². The average molecular weight is 157 g/mol. The van der Waals surface area contributed by atoms with Crippen molar-refractivity contribution in [2.24, 2.45) is 4.99 Å². The molecule has 0 bridgehead atoms. The van der Waals surface area contributed by atoms with Crippen LogP contribution in [0.2, 0.25) is 0 Å². The zero-order valence-corrected chi connectivity index (χ0v) is 7.33. The van der Waals surface area contributed by atoms with Crippen molar-refractivity contribution in [1.82, 2.24) is 0 Å². The molecule has 0 amide bonds. The van der Waals surface area contributed by atoms with Crippen LogP contribution in [0.15, 0.2) is 53.1 Å². The lowest BCUT2D eigenvalue weighted by Gasteiger charge is -1.93. The third-order valence-electron chi connectivity index (χ3n) is 1.53. The van der Waals surface area contributed by atoms with Crippen molar-refractivity contribution in [3.05, 3.63) is 48.1 Å². The molecule has 0 fully saturated rings. The van der Waals surface area contributed by atoms with Gasteiger partial charge in [0.1, 0.15) is 7.85 Å². The first-order valence-electron chi connectivity index (χ1n) is 4.00. The molecule has 0 unspecified atom stereocenters. The van der Waals surface area contributed by atoms with Crippen LogP contribution in [0.5, 0.6) is 0 Å². The molecular formula is C10H12BN. The maximum absolute atomic E-state index is 4.12. The fourth-order valence-corrected chi connectivity index (χ4v) is 0.868. The van der Waals surface area contributed by atoms with Gasteiger partial charge in [0.05, 0.1) is 0 Å². The number of aliphatic imine (C=N–C) groups is 1. The van der Waals surface area contributed by atoms with E-state index in [1.54, 1.807) is 6.21 Å². The Labute approximate surface area is 74.3 Å². The second-order valence-electron chi connectivity index (χ2n) is 2.82. The van der Waals surface area contributed by atoms with Crippen LogP contribution in [0.4, 0.5) is 0 Å². The smallest absolute Gasteiger partial charge is 0.136 e. The van der Waals surface area contributed by atoms with Gasteiger partial charge in [0.25, 0.3) is 0 Å². The van der Waals surface area contributed by atoms with Gasteiger partial charge in [-0.3, -0.25) is 4.99 Å². The summed E-state index contributed by atoms with van der Waals surface area (Å²) in [7, 11) is 2.07. The number of hydrogen-bond acceptors (Lipinski definition) is 1. The summed E-state index contributed by atoms with van der Waals surface area (Å²) in [6.07, 6.45) is 12.7. The minimum Gasteiger partial charge on any atom is -0.265 e. The highest BCUT2D eigenvalue weighted by Crippen LogP contribution is 2.00. The van der Waals surface area contributed by atoms with Gasteiger partial charge in [0.15, 0.2) is 0 Å². The monoisotopic (exact) mass is 157 g/mol. The second-order valence-corrected chi connectivity index (χ2v) is 2.82. The fraction of sp³-hybridized carbons (Fsp3) is 0.100. The molecule has 12 heavy (non-hydrogen) atoms. The Hall–Kier alpha value is -1.31. The van der Waals surface area contributed by atoms with Crippen LogP contribution in [0.3, 0.4) is 0 Å². The van der Waals surface area contributed by atoms with E-state index < -0.39 is 0 Å². The Morgan fingerprint density at radius 1 is 1.42 bits per heavy atom. The quantitative estimate of drug-likeness (QED) is 0.473. The summed E-state index contributed by atoms with van der Waals surface area (Å²) in [6.45, 7) is 3.81. The van der Waals surface area contributed by atoms with Crippen molar-refractivity contribution < 1.29 is 0 Å². The van der Waals surface area contributed by atoms with Crippen LogP contribution in [-0.2, 0) is 0 Å². The maximum atomic E-state index is 4.12. The lowest BCUT2D eigenvalue weighted by Crippen LogP contribution is -1.81. The zero-order chi connectivity index (χ0) is 8.81. The Morgan fingerprint density at radius 3 is 3.08 bits per heavy atom. The van der Waals surface area contributed by atoms with Crippen LogP contribution in [0, 0.1) is 0 Å². The Kier molecular flexibility index (Phi) is 3.33. The second kappa shape index (κ2) is 4.55. The van der Waals surface area contributed by atoms with E-state index >= 15 is 0 Å². The molecule has 1 aliphatic rings. The summed E-state index contributed by atoms with van der Waals surface area (Å²) in [4.78, 5) is 4.12. The largest absolute Gasteiger partial charge is 0.265 e. The predicted octanol–water partition coefficient (Wildman–Crippen LogP) is 1.60. The minimum atomic E-state index is 0.922. The van der Waals surface area contributed by atoms with Gasteiger partial charge < -0.3 is 0 Å². The molecular weight excluding hydrogens is 145 g/mol. The summed E-state index contributed by atoms with van der Waals surface area (Å²) in [6, 6.07) is 0. The molecule has 1 heterocycles. The van der Waals surface area contributed by atoms with Crippen LogP contribution in [0.25, 0.3) is 0 Å². The van der Waals surface area contributed by atoms with Gasteiger partial charge in [0, 0.05) is 12.4 Å². The van der Waals surface area contributed by atoms with Gasteiger partial charge in [0.2, 0.25) is 0 Å². The molecule has 1 nitrogen and oxygen atoms in total. The first kappa shape index (κ1) is 8.79. The molecule has 0 radical (unpaired) electrons. The number of hydrogen-bond donors (Lipinski definition) is 0. The van der Waals surface area contributed by atoms with E-state index in [1.165, 1.54) is 5.47 Å². The number of nitrogens with zero attached hydrogens (tertiary/aromatic N) is 1. The number of allylic oxidation sites excluding steroid dienone is 6. The SMILES string of the molecule is B/C1=C/N=C\C(=C)/C=C\C=C/C1. The summed E-state index contributed by atoms with van der Waals surface area (Å²) >= 11 is 0. The lowest BCUT2D eigenvalue weighted by atomic mass is 9.93. The molecule has 0 aliphatic carbocycles. The molecule has 0 atom stereocenters. The zero-order valence-electron chi connectivity index (χ0n) is 7.33. The van der Waals surface area contributed by atoms with Crippen molar-refractivity contribution in [3.8, 4) is 0 Å². The topological polar surface area (TPSA) is 12.4 Å². The standard InChI is InChI=1S/C10H12BN/c1-9-5-3-2-4-6-10(11)8-12-7-9/h2-5,7-8H,1,6,11H2/b4-2-,5-3-,10-8+,12-7-. The van der Waals surface area contributed by atoms with Crippen LogP contribution < -0.4 is 0 Å². The lowest BCUT2D eigenvalue weighted by molar-refractivity contribution is 1.32. The average Bonchev–Trinajstić information content (AvgIpc) is 2.04. The third-order valence-corrected chi connectivity index (χ3v) is 1.53. The highest BCUT2D eigenvalue weighted by Gasteiger charge is 1.85. The summed E-state index contributed by atoms with van der Waals surface area (Å²) in [5.74, 6) is 0. The van der Waals surface area contributed by atoms with Gasteiger partial charge in [-0.05, 0) is 12.0 Å². The maximum Gasteiger partial charge on any atom is 0.136 e. The summed E-state index contributed by atoms with van der Waals surface area (Å²) in [5.41, 5.74) is 2.18. The molecule has 0 aromatic carbocycles. The molecule has 0 spiro atoms. The molecule has 0 aromatic rings. The number of rotatable bonds is 0. The highest BCUT2D eigenvalue weighted by molar-refractivity contribution is 6.21. The van der Waals surface area contributed by atoms with Crippen LogP contribution >= 0.6 is 0 Å². The van der Waals surface area contributed by atoms with Crippen molar-refractivity contribution in [3.63, 3.8) is 0 Å². The molecule has 0 aromatic heterocycles. The fourth-order valence-electron chi connectivity index (χ4n) is 0.868. The molecule has 0 saturated heterocycles.